The van der Waals surface area contributed by atoms with Crippen LogP contribution in [0.4, 0.5) is 18.9 Å². The minimum absolute atomic E-state index is 0.381. The zero-order chi connectivity index (χ0) is 13.2. The molecule has 0 aliphatic heterocycles. The number of hydrogen-bond acceptors (Lipinski definition) is 4. The molecule has 0 fully saturated rings. The molecule has 0 aliphatic carbocycles. The summed E-state index contributed by atoms with van der Waals surface area (Å²) in [6, 6.07) is 4.13. The van der Waals surface area contributed by atoms with Gasteiger partial charge in [-0.05, 0) is 18.2 Å². The van der Waals surface area contributed by atoms with E-state index in [-0.39, 0.29) is 5.75 Å². The van der Waals surface area contributed by atoms with Crippen LogP contribution in [-0.4, -0.2) is 16.3 Å². The molecule has 2 N–H and O–H groups in total. The van der Waals surface area contributed by atoms with Crippen molar-refractivity contribution in [2.24, 2.45) is 0 Å². The van der Waals surface area contributed by atoms with Gasteiger partial charge in [0.15, 0.2) is 0 Å². The summed E-state index contributed by atoms with van der Waals surface area (Å²) >= 11 is 0. The summed E-state index contributed by atoms with van der Waals surface area (Å²) in [5.74, 6) is -0.381. The predicted octanol–water partition coefficient (Wildman–Crippen LogP) is 2.62. The SMILES string of the molecule is Nc1ccncc1-c1ccc(OC(F)(F)F)cn1. The number of nitrogens with two attached hydrogens (primary N) is 1. The van der Waals surface area contributed by atoms with Gasteiger partial charge in [-0.15, -0.1) is 13.2 Å². The third-order valence-electron chi connectivity index (χ3n) is 2.10. The minimum Gasteiger partial charge on any atom is -0.404 e. The van der Waals surface area contributed by atoms with Crippen LogP contribution in [0.3, 0.4) is 0 Å². The topological polar surface area (TPSA) is 61.0 Å². The molecule has 0 unspecified atom stereocenters. The number of rotatable bonds is 2. The highest BCUT2D eigenvalue weighted by molar-refractivity contribution is 5.72. The first-order valence-electron chi connectivity index (χ1n) is 4.87. The summed E-state index contributed by atoms with van der Waals surface area (Å²) in [4.78, 5) is 7.72. The third kappa shape index (κ3) is 2.88. The Morgan fingerprint density at radius 1 is 1.11 bits per heavy atom. The maximum Gasteiger partial charge on any atom is 0.573 e. The number of alkyl halides is 3. The fraction of sp³-hybridized carbons (Fsp3) is 0.0909. The van der Waals surface area contributed by atoms with E-state index in [1.165, 1.54) is 24.5 Å². The Labute approximate surface area is 100 Å². The normalized spacial score (nSPS) is 11.3. The summed E-state index contributed by atoms with van der Waals surface area (Å²) in [6.07, 6.45) is -0.742. The Morgan fingerprint density at radius 2 is 1.89 bits per heavy atom. The number of pyridine rings is 2. The quantitative estimate of drug-likeness (QED) is 0.896. The number of anilines is 1. The van der Waals surface area contributed by atoms with Crippen molar-refractivity contribution in [3.8, 4) is 17.0 Å². The molecule has 2 heterocycles. The van der Waals surface area contributed by atoms with Gasteiger partial charge in [0.25, 0.3) is 0 Å². The van der Waals surface area contributed by atoms with Crippen molar-refractivity contribution in [3.05, 3.63) is 36.8 Å². The molecular formula is C11H8F3N3O. The maximum atomic E-state index is 11.9. The maximum absolute atomic E-state index is 11.9. The van der Waals surface area contributed by atoms with E-state index in [0.717, 1.165) is 6.20 Å². The molecule has 2 aromatic heterocycles. The van der Waals surface area contributed by atoms with Gasteiger partial charge >= 0.3 is 6.36 Å². The molecule has 0 aromatic carbocycles. The van der Waals surface area contributed by atoms with Gasteiger partial charge < -0.3 is 10.5 Å². The van der Waals surface area contributed by atoms with Gasteiger partial charge in [0.2, 0.25) is 0 Å². The molecule has 0 bridgehead atoms. The van der Waals surface area contributed by atoms with E-state index in [0.29, 0.717) is 16.9 Å². The summed E-state index contributed by atoms with van der Waals surface area (Å²) in [5, 5.41) is 0. The molecule has 94 valence electrons. The lowest BCUT2D eigenvalue weighted by Gasteiger charge is -2.09. The highest BCUT2D eigenvalue weighted by Crippen LogP contribution is 2.26. The first kappa shape index (κ1) is 12.2. The van der Waals surface area contributed by atoms with Crippen molar-refractivity contribution in [2.45, 2.75) is 6.36 Å². The first-order valence-corrected chi connectivity index (χ1v) is 4.87. The molecular weight excluding hydrogens is 247 g/mol. The zero-order valence-electron chi connectivity index (χ0n) is 8.98. The lowest BCUT2D eigenvalue weighted by molar-refractivity contribution is -0.274. The second-order valence-electron chi connectivity index (χ2n) is 3.39. The van der Waals surface area contributed by atoms with E-state index in [4.69, 9.17) is 5.73 Å². The molecule has 0 amide bonds. The zero-order valence-corrected chi connectivity index (χ0v) is 8.98. The van der Waals surface area contributed by atoms with Crippen LogP contribution >= 0.6 is 0 Å². The standard InChI is InChI=1S/C11H8F3N3O/c12-11(13,14)18-7-1-2-10(17-5-7)8-6-16-4-3-9(8)15/h1-6H,(H2,15,16). The molecule has 0 aliphatic rings. The Kier molecular flexibility index (Phi) is 3.05. The van der Waals surface area contributed by atoms with Gasteiger partial charge in [0, 0.05) is 23.6 Å². The fourth-order valence-electron chi connectivity index (χ4n) is 1.35. The highest BCUT2D eigenvalue weighted by Gasteiger charge is 2.31. The van der Waals surface area contributed by atoms with Crippen LogP contribution in [0.2, 0.25) is 0 Å². The van der Waals surface area contributed by atoms with Gasteiger partial charge in [-0.3, -0.25) is 9.97 Å². The van der Waals surface area contributed by atoms with Crippen molar-refractivity contribution in [2.75, 3.05) is 5.73 Å². The van der Waals surface area contributed by atoms with Gasteiger partial charge in [-0.2, -0.15) is 0 Å². The van der Waals surface area contributed by atoms with Gasteiger partial charge in [0.05, 0.1) is 11.9 Å². The second-order valence-corrected chi connectivity index (χ2v) is 3.39. The highest BCUT2D eigenvalue weighted by atomic mass is 19.4. The van der Waals surface area contributed by atoms with E-state index < -0.39 is 6.36 Å². The summed E-state index contributed by atoms with van der Waals surface area (Å²) in [7, 11) is 0. The van der Waals surface area contributed by atoms with Crippen LogP contribution in [0.1, 0.15) is 0 Å². The van der Waals surface area contributed by atoms with Crippen LogP contribution in [0.15, 0.2) is 36.8 Å². The molecule has 0 spiro atoms. The van der Waals surface area contributed by atoms with E-state index in [9.17, 15) is 13.2 Å². The number of nitrogens with zero attached hydrogens (tertiary/aromatic N) is 2. The number of ether oxygens (including phenoxy) is 1. The van der Waals surface area contributed by atoms with Crippen LogP contribution in [0.5, 0.6) is 5.75 Å². The third-order valence-corrected chi connectivity index (χ3v) is 2.10. The van der Waals surface area contributed by atoms with Crippen molar-refractivity contribution < 1.29 is 17.9 Å². The van der Waals surface area contributed by atoms with E-state index >= 15 is 0 Å². The number of halogens is 3. The molecule has 2 aromatic rings. The predicted molar refractivity (Wildman–Crippen MR) is 58.6 cm³/mol. The average molecular weight is 255 g/mol. The van der Waals surface area contributed by atoms with Crippen LogP contribution < -0.4 is 10.5 Å². The smallest absolute Gasteiger partial charge is 0.404 e. The van der Waals surface area contributed by atoms with Crippen molar-refractivity contribution in [1.82, 2.24) is 9.97 Å². The molecule has 0 saturated carbocycles. The monoisotopic (exact) mass is 255 g/mol. The van der Waals surface area contributed by atoms with Gasteiger partial charge in [-0.1, -0.05) is 0 Å². The Bertz CT molecular complexity index is 540. The Balaban J connectivity index is 2.26. The Hall–Kier alpha value is -2.31. The Morgan fingerprint density at radius 3 is 2.44 bits per heavy atom. The summed E-state index contributed by atoms with van der Waals surface area (Å²) in [5.41, 5.74) is 7.13. The van der Waals surface area contributed by atoms with Crippen molar-refractivity contribution >= 4 is 5.69 Å². The van der Waals surface area contributed by atoms with Gasteiger partial charge in [0.1, 0.15) is 5.75 Å². The molecule has 18 heavy (non-hydrogen) atoms. The lowest BCUT2D eigenvalue weighted by Crippen LogP contribution is -2.17. The lowest BCUT2D eigenvalue weighted by atomic mass is 10.1. The van der Waals surface area contributed by atoms with Gasteiger partial charge in [-0.25, -0.2) is 0 Å². The molecule has 4 nitrogen and oxygen atoms in total. The van der Waals surface area contributed by atoms with E-state index in [1.807, 2.05) is 0 Å². The average Bonchev–Trinajstić information content (AvgIpc) is 2.29. The van der Waals surface area contributed by atoms with Crippen LogP contribution in [-0.2, 0) is 0 Å². The van der Waals surface area contributed by atoms with Crippen LogP contribution in [0, 0.1) is 0 Å². The number of nitrogen functional groups attached to an aromatic ring is 1. The summed E-state index contributed by atoms with van der Waals surface area (Å²) in [6.45, 7) is 0. The summed E-state index contributed by atoms with van der Waals surface area (Å²) < 4.78 is 39.6. The molecule has 0 saturated heterocycles. The first-order chi connectivity index (χ1) is 8.46. The molecule has 2 rings (SSSR count). The van der Waals surface area contributed by atoms with E-state index in [2.05, 4.69) is 14.7 Å². The number of aromatic nitrogens is 2. The second kappa shape index (κ2) is 4.52. The van der Waals surface area contributed by atoms with Crippen molar-refractivity contribution in [1.29, 1.82) is 0 Å². The van der Waals surface area contributed by atoms with Crippen LogP contribution in [0.25, 0.3) is 11.3 Å². The molecule has 0 atom stereocenters. The largest absolute Gasteiger partial charge is 0.573 e. The minimum atomic E-state index is -4.73. The number of hydrogen-bond donors (Lipinski definition) is 1. The fourth-order valence-corrected chi connectivity index (χ4v) is 1.35. The molecule has 0 radical (unpaired) electrons. The van der Waals surface area contributed by atoms with Crippen molar-refractivity contribution in [3.63, 3.8) is 0 Å². The van der Waals surface area contributed by atoms with E-state index in [1.54, 1.807) is 6.07 Å². The molecule has 7 heteroatoms.